The quantitative estimate of drug-likeness (QED) is 0.183. The average molecular weight is 374 g/mol. The molecule has 0 amide bonds. The third-order valence-corrected chi connectivity index (χ3v) is 4.08. The molecule has 0 heterocycles. The molecule has 0 aromatic heterocycles. The molecule has 0 unspecified atom stereocenters. The van der Waals surface area contributed by atoms with Crippen LogP contribution in [0.4, 0.5) is 0 Å². The Labute approximate surface area is 150 Å². The molecule has 0 fully saturated rings. The van der Waals surface area contributed by atoms with Crippen LogP contribution in [0.15, 0.2) is 30.3 Å². The molecule has 0 aliphatic rings. The predicted molar refractivity (Wildman–Crippen MR) is 97.2 cm³/mol. The van der Waals surface area contributed by atoms with Crippen LogP contribution in [-0.2, 0) is 14.1 Å². The van der Waals surface area contributed by atoms with Crippen LogP contribution in [0.1, 0.15) is 64.2 Å². The summed E-state index contributed by atoms with van der Waals surface area (Å²) < 4.78 is 19.9. The van der Waals surface area contributed by atoms with Crippen LogP contribution in [0.2, 0.25) is 0 Å². The number of ether oxygens (including phenoxy) is 1. The van der Waals surface area contributed by atoms with Crippen LogP contribution in [-0.4, -0.2) is 23.0 Å². The Balaban J connectivity index is 1.74. The second-order valence-corrected chi connectivity index (χ2v) is 7.21. The first-order valence-electron chi connectivity index (χ1n) is 9.12. The Morgan fingerprint density at radius 3 is 1.72 bits per heavy atom. The predicted octanol–water partition coefficient (Wildman–Crippen LogP) is 5.01. The van der Waals surface area contributed by atoms with E-state index in [4.69, 9.17) is 14.5 Å². The largest absolute Gasteiger partial charge is 0.496 e. The van der Waals surface area contributed by atoms with Crippen molar-refractivity contribution in [2.75, 3.05) is 13.2 Å². The van der Waals surface area contributed by atoms with Crippen LogP contribution in [0.5, 0.6) is 5.75 Å². The molecule has 2 N–H and O–H groups in total. The molecule has 1 rings (SSSR count). The summed E-state index contributed by atoms with van der Waals surface area (Å²) >= 11 is 0. The lowest BCUT2D eigenvalue weighted by molar-refractivity contribution is -0.222. The summed E-state index contributed by atoms with van der Waals surface area (Å²) in [5, 5.41) is 0. The van der Waals surface area contributed by atoms with E-state index in [1.54, 1.807) is 0 Å². The topological polar surface area (TPSA) is 85.2 Å². The summed E-state index contributed by atoms with van der Waals surface area (Å²) in [6, 6.07) is 9.92. The highest BCUT2D eigenvalue weighted by molar-refractivity contribution is 7.46. The zero-order chi connectivity index (χ0) is 18.2. The summed E-state index contributed by atoms with van der Waals surface area (Å²) in [5.41, 5.74) is 0. The van der Waals surface area contributed by atoms with Gasteiger partial charge in [0.15, 0.2) is 0 Å². The molecule has 0 saturated heterocycles. The zero-order valence-electron chi connectivity index (χ0n) is 14.8. The van der Waals surface area contributed by atoms with E-state index in [1.807, 2.05) is 30.3 Å². The van der Waals surface area contributed by atoms with Gasteiger partial charge in [-0.05, 0) is 25.0 Å². The standard InChI is InChI=1S/C18H31O6P/c19-25(20,21)24-23-17-13-8-6-4-2-1-3-5-7-12-16-22-18-14-10-9-11-15-18/h9-11,14-15H,1-8,12-13,16-17H2,(H2,19,20,21). The van der Waals surface area contributed by atoms with Crippen molar-refractivity contribution in [2.45, 2.75) is 64.2 Å². The van der Waals surface area contributed by atoms with Gasteiger partial charge in [0.1, 0.15) is 5.75 Å². The minimum absolute atomic E-state index is 0.218. The van der Waals surface area contributed by atoms with Crippen LogP contribution < -0.4 is 4.74 Å². The van der Waals surface area contributed by atoms with Crippen molar-refractivity contribution in [3.63, 3.8) is 0 Å². The van der Waals surface area contributed by atoms with Crippen LogP contribution >= 0.6 is 7.82 Å². The normalized spacial score (nSPS) is 11.6. The Morgan fingerprint density at radius 2 is 1.20 bits per heavy atom. The molecule has 144 valence electrons. The Hall–Kier alpha value is -0.910. The maximum absolute atomic E-state index is 10.4. The molecule has 6 nitrogen and oxygen atoms in total. The van der Waals surface area contributed by atoms with Crippen molar-refractivity contribution < 1.29 is 28.7 Å². The van der Waals surface area contributed by atoms with E-state index < -0.39 is 7.82 Å². The minimum Gasteiger partial charge on any atom is -0.494 e. The summed E-state index contributed by atoms with van der Waals surface area (Å²) in [6.07, 6.45) is 11.4. The van der Waals surface area contributed by atoms with Gasteiger partial charge in [0, 0.05) is 0 Å². The third-order valence-electron chi connectivity index (χ3n) is 3.78. The SMILES string of the molecule is O=P(O)(O)OOCCCCCCCCCCCCOc1ccccc1. The van der Waals surface area contributed by atoms with Crippen LogP contribution in [0.25, 0.3) is 0 Å². The summed E-state index contributed by atoms with van der Waals surface area (Å²) in [7, 11) is -4.50. The van der Waals surface area contributed by atoms with Gasteiger partial charge in [-0.2, -0.15) is 0 Å². The third kappa shape index (κ3) is 15.1. The van der Waals surface area contributed by atoms with Crippen molar-refractivity contribution in [3.05, 3.63) is 30.3 Å². The van der Waals surface area contributed by atoms with E-state index in [0.29, 0.717) is 0 Å². The van der Waals surface area contributed by atoms with Gasteiger partial charge in [-0.25, -0.2) is 9.45 Å². The number of phosphoric acid groups is 1. The number of unbranched alkanes of at least 4 members (excludes halogenated alkanes) is 9. The molecule has 0 saturated carbocycles. The van der Waals surface area contributed by atoms with E-state index >= 15 is 0 Å². The van der Waals surface area contributed by atoms with Crippen molar-refractivity contribution >= 4 is 7.82 Å². The Kier molecular flexibility index (Phi) is 12.6. The van der Waals surface area contributed by atoms with Crippen molar-refractivity contribution in [2.24, 2.45) is 0 Å². The fourth-order valence-corrected chi connectivity index (χ4v) is 2.70. The van der Waals surface area contributed by atoms with Gasteiger partial charge in [0.2, 0.25) is 0 Å². The van der Waals surface area contributed by atoms with E-state index in [-0.39, 0.29) is 6.61 Å². The highest BCUT2D eigenvalue weighted by Crippen LogP contribution is 2.35. The number of benzene rings is 1. The molecule has 0 bridgehead atoms. The van der Waals surface area contributed by atoms with Gasteiger partial charge in [0.05, 0.1) is 13.2 Å². The molecular weight excluding hydrogens is 343 g/mol. The second-order valence-electron chi connectivity index (χ2n) is 6.08. The van der Waals surface area contributed by atoms with E-state index in [2.05, 4.69) is 9.56 Å². The first-order chi connectivity index (χ1) is 12.1. The lowest BCUT2D eigenvalue weighted by Gasteiger charge is -2.06. The first-order valence-corrected chi connectivity index (χ1v) is 10.7. The van der Waals surface area contributed by atoms with Gasteiger partial charge in [-0.3, -0.25) is 0 Å². The van der Waals surface area contributed by atoms with E-state index in [0.717, 1.165) is 38.0 Å². The van der Waals surface area contributed by atoms with Crippen molar-refractivity contribution in [3.8, 4) is 5.75 Å². The zero-order valence-corrected chi connectivity index (χ0v) is 15.7. The highest BCUT2D eigenvalue weighted by atomic mass is 31.2. The summed E-state index contributed by atoms with van der Waals surface area (Å²) in [6.45, 7) is 1.01. The van der Waals surface area contributed by atoms with Crippen LogP contribution in [0.3, 0.4) is 0 Å². The van der Waals surface area contributed by atoms with E-state index in [1.165, 1.54) is 38.5 Å². The Morgan fingerprint density at radius 1 is 0.720 bits per heavy atom. The average Bonchev–Trinajstić information content (AvgIpc) is 2.58. The van der Waals surface area contributed by atoms with Gasteiger partial charge in [-0.15, -0.1) is 4.67 Å². The van der Waals surface area contributed by atoms with Crippen LogP contribution in [0, 0.1) is 0 Å². The monoisotopic (exact) mass is 374 g/mol. The fourth-order valence-electron chi connectivity index (χ4n) is 2.49. The van der Waals surface area contributed by atoms with Gasteiger partial charge in [-0.1, -0.05) is 69.6 Å². The molecule has 0 aliphatic heterocycles. The number of rotatable bonds is 16. The smallest absolute Gasteiger partial charge is 0.494 e. The summed E-state index contributed by atoms with van der Waals surface area (Å²) in [4.78, 5) is 21.3. The molecule has 0 spiro atoms. The van der Waals surface area contributed by atoms with Gasteiger partial charge < -0.3 is 14.5 Å². The molecule has 1 aromatic rings. The molecule has 7 heteroatoms. The number of hydrogen-bond acceptors (Lipinski definition) is 4. The maximum Gasteiger partial charge on any atom is 0.496 e. The second kappa shape index (κ2) is 14.3. The maximum atomic E-state index is 10.4. The highest BCUT2D eigenvalue weighted by Gasteiger charge is 2.14. The molecule has 25 heavy (non-hydrogen) atoms. The first kappa shape index (κ1) is 22.1. The molecule has 1 aromatic carbocycles. The Bertz CT molecular complexity index is 462. The molecule has 0 radical (unpaired) electrons. The van der Waals surface area contributed by atoms with Crippen molar-refractivity contribution in [1.82, 2.24) is 0 Å². The molecule has 0 aliphatic carbocycles. The lowest BCUT2D eigenvalue weighted by Crippen LogP contribution is -1.96. The van der Waals surface area contributed by atoms with E-state index in [9.17, 15) is 4.57 Å². The fraction of sp³-hybridized carbons (Fsp3) is 0.667. The van der Waals surface area contributed by atoms with Gasteiger partial charge >= 0.3 is 7.82 Å². The van der Waals surface area contributed by atoms with Gasteiger partial charge in [0.25, 0.3) is 0 Å². The number of para-hydroxylation sites is 1. The molecular formula is C18H31O6P. The lowest BCUT2D eigenvalue weighted by atomic mass is 10.1. The summed E-state index contributed by atoms with van der Waals surface area (Å²) in [5.74, 6) is 0.946. The molecule has 0 atom stereocenters. The minimum atomic E-state index is -4.50. The van der Waals surface area contributed by atoms with Crippen molar-refractivity contribution in [1.29, 1.82) is 0 Å². The number of hydrogen-bond donors (Lipinski definition) is 2.